The molecule has 0 saturated carbocycles. The van der Waals surface area contributed by atoms with Crippen molar-refractivity contribution in [1.82, 2.24) is 20.2 Å². The van der Waals surface area contributed by atoms with Crippen LogP contribution < -0.4 is 5.32 Å². The van der Waals surface area contributed by atoms with Crippen molar-refractivity contribution in [2.75, 3.05) is 32.8 Å². The van der Waals surface area contributed by atoms with E-state index < -0.39 is 0 Å². The first-order valence-corrected chi connectivity index (χ1v) is 6.13. The number of carbonyl (C=O) groups is 1. The molecule has 1 saturated heterocycles. The van der Waals surface area contributed by atoms with E-state index in [9.17, 15) is 4.79 Å². The Bertz CT molecular complexity index is 385. The van der Waals surface area contributed by atoms with Gasteiger partial charge in [-0.3, -0.25) is 14.7 Å². The average molecular weight is 250 g/mol. The number of rotatable bonds is 4. The molecule has 1 aliphatic heterocycles. The monoisotopic (exact) mass is 250 g/mol. The van der Waals surface area contributed by atoms with Gasteiger partial charge >= 0.3 is 0 Å². The second kappa shape index (κ2) is 6.42. The van der Waals surface area contributed by atoms with Crippen molar-refractivity contribution >= 4 is 5.91 Å². The van der Waals surface area contributed by atoms with Gasteiger partial charge in [0.05, 0.1) is 19.4 Å². The summed E-state index contributed by atoms with van der Waals surface area (Å²) in [4.78, 5) is 21.8. The predicted molar refractivity (Wildman–Crippen MR) is 66.2 cm³/mol. The molecule has 6 heteroatoms. The van der Waals surface area contributed by atoms with Crippen molar-refractivity contribution < 1.29 is 9.53 Å². The van der Waals surface area contributed by atoms with Crippen molar-refractivity contribution in [1.29, 1.82) is 0 Å². The summed E-state index contributed by atoms with van der Waals surface area (Å²) in [7, 11) is 0. The van der Waals surface area contributed by atoms with Gasteiger partial charge in [-0.1, -0.05) is 0 Å². The fourth-order valence-electron chi connectivity index (χ4n) is 1.91. The van der Waals surface area contributed by atoms with Crippen LogP contribution in [0.15, 0.2) is 18.6 Å². The van der Waals surface area contributed by atoms with E-state index in [0.29, 0.717) is 18.3 Å². The lowest BCUT2D eigenvalue weighted by Crippen LogP contribution is -2.46. The summed E-state index contributed by atoms with van der Waals surface area (Å²) in [6, 6.07) is 0.409. The molecular weight excluding hydrogens is 232 g/mol. The summed E-state index contributed by atoms with van der Waals surface area (Å²) in [5, 5.41) is 2.84. The molecule has 1 fully saturated rings. The number of nitrogens with one attached hydrogen (secondary N) is 1. The predicted octanol–water partition coefficient (Wildman–Crippen LogP) is -0.0729. The number of aromatic nitrogens is 2. The number of nitrogens with zero attached hydrogens (tertiary/aromatic N) is 3. The minimum atomic E-state index is -0.177. The Morgan fingerprint density at radius 2 is 2.50 bits per heavy atom. The Labute approximate surface area is 106 Å². The number of amides is 1. The maximum atomic E-state index is 11.7. The third kappa shape index (κ3) is 3.48. The quantitative estimate of drug-likeness (QED) is 0.810. The van der Waals surface area contributed by atoms with Crippen LogP contribution in [0.3, 0.4) is 0 Å². The van der Waals surface area contributed by atoms with Crippen molar-refractivity contribution in [2.45, 2.75) is 13.0 Å². The Balaban J connectivity index is 1.73. The molecule has 2 heterocycles. The van der Waals surface area contributed by atoms with Crippen LogP contribution in [-0.2, 0) is 4.74 Å². The molecule has 1 unspecified atom stereocenters. The molecular formula is C12H18N4O2. The summed E-state index contributed by atoms with van der Waals surface area (Å²) in [5.41, 5.74) is 0.354. The van der Waals surface area contributed by atoms with Gasteiger partial charge in [-0.15, -0.1) is 0 Å². The van der Waals surface area contributed by atoms with Crippen LogP contribution in [0, 0.1) is 0 Å². The molecule has 1 atom stereocenters. The molecule has 1 N–H and O–H groups in total. The summed E-state index contributed by atoms with van der Waals surface area (Å²) < 4.78 is 5.36. The summed E-state index contributed by atoms with van der Waals surface area (Å²) >= 11 is 0. The van der Waals surface area contributed by atoms with Gasteiger partial charge in [-0.05, 0) is 6.92 Å². The first kappa shape index (κ1) is 12.9. The molecule has 2 rings (SSSR count). The highest BCUT2D eigenvalue weighted by Gasteiger charge is 2.18. The first-order valence-electron chi connectivity index (χ1n) is 6.13. The largest absolute Gasteiger partial charge is 0.379 e. The van der Waals surface area contributed by atoms with E-state index in [0.717, 1.165) is 26.3 Å². The van der Waals surface area contributed by atoms with Crippen molar-refractivity contribution in [2.24, 2.45) is 0 Å². The number of carbonyl (C=O) groups excluding carboxylic acids is 1. The maximum Gasteiger partial charge on any atom is 0.271 e. The smallest absolute Gasteiger partial charge is 0.271 e. The highest BCUT2D eigenvalue weighted by Crippen LogP contribution is 2.04. The fraction of sp³-hybridized carbons (Fsp3) is 0.583. The molecule has 1 aromatic rings. The number of ether oxygens (including phenoxy) is 1. The zero-order chi connectivity index (χ0) is 12.8. The van der Waals surface area contributed by atoms with Crippen LogP contribution in [0.1, 0.15) is 17.4 Å². The Hall–Kier alpha value is -1.53. The minimum Gasteiger partial charge on any atom is -0.379 e. The molecule has 0 radical (unpaired) electrons. The third-order valence-corrected chi connectivity index (χ3v) is 2.99. The molecule has 0 spiro atoms. The average Bonchev–Trinajstić information content (AvgIpc) is 2.42. The normalized spacial score (nSPS) is 20.6. The summed E-state index contributed by atoms with van der Waals surface area (Å²) in [6.45, 7) is 6.02. The molecule has 1 aliphatic rings. The van der Waals surface area contributed by atoms with Gasteiger partial charge in [0.25, 0.3) is 5.91 Å². The Morgan fingerprint density at radius 1 is 1.61 bits per heavy atom. The van der Waals surface area contributed by atoms with Crippen LogP contribution in [0.4, 0.5) is 0 Å². The third-order valence-electron chi connectivity index (χ3n) is 2.99. The molecule has 0 aromatic carbocycles. The van der Waals surface area contributed by atoms with Crippen molar-refractivity contribution in [3.8, 4) is 0 Å². The molecule has 6 nitrogen and oxygen atoms in total. The molecule has 18 heavy (non-hydrogen) atoms. The van der Waals surface area contributed by atoms with E-state index in [-0.39, 0.29) is 5.91 Å². The molecule has 1 aromatic heterocycles. The van der Waals surface area contributed by atoms with Crippen LogP contribution >= 0.6 is 0 Å². The summed E-state index contributed by atoms with van der Waals surface area (Å²) in [6.07, 6.45) is 4.53. The number of morpholine rings is 1. The van der Waals surface area contributed by atoms with E-state index in [1.165, 1.54) is 12.4 Å². The molecule has 0 aliphatic carbocycles. The van der Waals surface area contributed by atoms with Gasteiger partial charge in [0.2, 0.25) is 0 Å². The minimum absolute atomic E-state index is 0.177. The Morgan fingerprint density at radius 3 is 3.22 bits per heavy atom. The van der Waals surface area contributed by atoms with E-state index in [4.69, 9.17) is 4.74 Å². The molecule has 98 valence electrons. The maximum absolute atomic E-state index is 11.7. The highest BCUT2D eigenvalue weighted by atomic mass is 16.5. The van der Waals surface area contributed by atoms with Crippen LogP contribution in [0.5, 0.6) is 0 Å². The Kier molecular flexibility index (Phi) is 4.60. The van der Waals surface area contributed by atoms with Crippen LogP contribution in [0.25, 0.3) is 0 Å². The number of hydrogen-bond donors (Lipinski definition) is 1. The van der Waals surface area contributed by atoms with Gasteiger partial charge in [0, 0.05) is 38.1 Å². The SMILES string of the molecule is CC1COCCN1CCNC(=O)c1cnccn1. The second-order valence-electron chi connectivity index (χ2n) is 4.31. The highest BCUT2D eigenvalue weighted by molar-refractivity contribution is 5.91. The van der Waals surface area contributed by atoms with Gasteiger partial charge in [-0.25, -0.2) is 4.98 Å². The molecule has 1 amide bonds. The van der Waals surface area contributed by atoms with Crippen molar-refractivity contribution in [3.63, 3.8) is 0 Å². The second-order valence-corrected chi connectivity index (χ2v) is 4.31. The van der Waals surface area contributed by atoms with Crippen molar-refractivity contribution in [3.05, 3.63) is 24.3 Å². The van der Waals surface area contributed by atoms with E-state index in [1.54, 1.807) is 6.20 Å². The lowest BCUT2D eigenvalue weighted by molar-refractivity contribution is 0.000534. The van der Waals surface area contributed by atoms with Gasteiger partial charge in [-0.2, -0.15) is 0 Å². The van der Waals surface area contributed by atoms with Gasteiger partial charge in [0.15, 0.2) is 0 Å². The zero-order valence-electron chi connectivity index (χ0n) is 10.5. The fourth-order valence-corrected chi connectivity index (χ4v) is 1.91. The molecule has 0 bridgehead atoms. The van der Waals surface area contributed by atoms with E-state index >= 15 is 0 Å². The van der Waals surface area contributed by atoms with Gasteiger partial charge < -0.3 is 10.1 Å². The van der Waals surface area contributed by atoms with E-state index in [1.807, 2.05) is 0 Å². The lowest BCUT2D eigenvalue weighted by atomic mass is 10.2. The zero-order valence-corrected chi connectivity index (χ0v) is 10.5. The van der Waals surface area contributed by atoms with Gasteiger partial charge in [0.1, 0.15) is 5.69 Å². The van der Waals surface area contributed by atoms with E-state index in [2.05, 4.69) is 27.1 Å². The summed E-state index contributed by atoms with van der Waals surface area (Å²) in [5.74, 6) is -0.177. The lowest BCUT2D eigenvalue weighted by Gasteiger charge is -2.33. The van der Waals surface area contributed by atoms with Crippen LogP contribution in [-0.4, -0.2) is 59.7 Å². The topological polar surface area (TPSA) is 67.3 Å². The number of hydrogen-bond acceptors (Lipinski definition) is 5. The standard InChI is InChI=1S/C12H18N4O2/c1-10-9-18-7-6-16(10)5-4-15-12(17)11-8-13-2-3-14-11/h2-3,8,10H,4-7,9H2,1H3,(H,15,17). The first-order chi connectivity index (χ1) is 8.77. The van der Waals surface area contributed by atoms with Crippen LogP contribution in [0.2, 0.25) is 0 Å².